The molecule has 4 heteroatoms. The van der Waals surface area contributed by atoms with Crippen LogP contribution in [0, 0.1) is 17.8 Å². The molecule has 116 valence electrons. The van der Waals surface area contributed by atoms with Gasteiger partial charge in [-0.05, 0) is 68.4 Å². The van der Waals surface area contributed by atoms with Gasteiger partial charge in [0.15, 0.2) is 0 Å². The van der Waals surface area contributed by atoms with Crippen molar-refractivity contribution in [2.45, 2.75) is 50.6 Å². The Bertz CT molecular complexity index is 622. The topological polar surface area (TPSA) is 29.9 Å². The lowest BCUT2D eigenvalue weighted by Crippen LogP contribution is -2.58. The Kier molecular flexibility index (Phi) is 2.99. The van der Waals surface area contributed by atoms with Crippen LogP contribution in [0.4, 0.5) is 0 Å². The third kappa shape index (κ3) is 2.24. The summed E-state index contributed by atoms with van der Waals surface area (Å²) in [4.78, 5) is 5.58. The minimum atomic E-state index is 0.466. The molecule has 2 aromatic heterocycles. The molecule has 0 unspecified atom stereocenters. The van der Waals surface area contributed by atoms with Crippen molar-refractivity contribution < 1.29 is 0 Å². The normalized spacial score (nSPS) is 36.1. The molecule has 22 heavy (non-hydrogen) atoms. The summed E-state index contributed by atoms with van der Waals surface area (Å²) in [5.41, 5.74) is 0.466. The van der Waals surface area contributed by atoms with E-state index in [9.17, 15) is 0 Å². The Labute approximate surface area is 135 Å². The zero-order valence-electron chi connectivity index (χ0n) is 12.9. The van der Waals surface area contributed by atoms with Gasteiger partial charge in [0.05, 0.1) is 6.33 Å². The van der Waals surface area contributed by atoms with Gasteiger partial charge in [-0.3, -0.25) is 4.57 Å². The molecule has 6 rings (SSSR count). The fourth-order valence-corrected chi connectivity index (χ4v) is 6.49. The molecular formula is C18H23N3S. The third-order valence-electron chi connectivity index (χ3n) is 6.08. The Hall–Kier alpha value is -1.13. The number of aromatic nitrogens is 2. The van der Waals surface area contributed by atoms with Crippen LogP contribution >= 0.6 is 11.3 Å². The minimum Gasteiger partial charge on any atom is -0.306 e. The van der Waals surface area contributed by atoms with Gasteiger partial charge in [0, 0.05) is 29.4 Å². The fourth-order valence-electron chi connectivity index (χ4n) is 5.59. The van der Waals surface area contributed by atoms with Crippen LogP contribution < -0.4 is 5.32 Å². The van der Waals surface area contributed by atoms with Crippen molar-refractivity contribution in [2.75, 3.05) is 0 Å². The molecule has 4 aliphatic rings. The number of hydrogen-bond donors (Lipinski definition) is 1. The number of rotatable bonds is 4. The molecule has 1 N–H and O–H groups in total. The number of nitrogens with zero attached hydrogens (tertiary/aromatic N) is 2. The maximum Gasteiger partial charge on any atom is 0.100 e. The Morgan fingerprint density at radius 2 is 1.86 bits per heavy atom. The van der Waals surface area contributed by atoms with Crippen LogP contribution in [0.1, 0.15) is 43.4 Å². The lowest BCUT2D eigenvalue weighted by Gasteiger charge is -2.57. The van der Waals surface area contributed by atoms with Gasteiger partial charge in [0.2, 0.25) is 0 Å². The van der Waals surface area contributed by atoms with E-state index in [0.29, 0.717) is 5.54 Å². The highest BCUT2D eigenvalue weighted by Crippen LogP contribution is 2.55. The largest absolute Gasteiger partial charge is 0.306 e. The minimum absolute atomic E-state index is 0.466. The van der Waals surface area contributed by atoms with Crippen LogP contribution in [-0.2, 0) is 6.54 Å². The summed E-state index contributed by atoms with van der Waals surface area (Å²) < 4.78 is 2.10. The monoisotopic (exact) mass is 313 g/mol. The van der Waals surface area contributed by atoms with Gasteiger partial charge < -0.3 is 5.32 Å². The van der Waals surface area contributed by atoms with Gasteiger partial charge in [-0.2, -0.15) is 0 Å². The van der Waals surface area contributed by atoms with Crippen LogP contribution in [0.5, 0.6) is 0 Å². The summed E-state index contributed by atoms with van der Waals surface area (Å²) in [6, 6.07) is 4.48. The van der Waals surface area contributed by atoms with Crippen molar-refractivity contribution in [3.05, 3.63) is 35.7 Å². The van der Waals surface area contributed by atoms with Crippen LogP contribution in [-0.4, -0.2) is 15.1 Å². The summed E-state index contributed by atoms with van der Waals surface area (Å²) in [7, 11) is 0. The molecule has 0 amide bonds. The van der Waals surface area contributed by atoms with Crippen molar-refractivity contribution >= 4 is 11.3 Å². The van der Waals surface area contributed by atoms with Gasteiger partial charge in [-0.15, -0.1) is 11.3 Å². The molecule has 0 saturated heterocycles. The van der Waals surface area contributed by atoms with Gasteiger partial charge >= 0.3 is 0 Å². The van der Waals surface area contributed by atoms with Crippen LogP contribution in [0.3, 0.4) is 0 Å². The molecule has 4 fully saturated rings. The SMILES string of the molecule is c1cn(-c2ccc(CNC34CC5CC(CC(C5)C3)C4)s2)cn1. The molecular weight excluding hydrogens is 290 g/mol. The summed E-state index contributed by atoms with van der Waals surface area (Å²) in [6.45, 7) is 1.03. The molecule has 4 saturated carbocycles. The second-order valence-electron chi connectivity index (χ2n) is 7.76. The predicted octanol–water partition coefficient (Wildman–Crippen LogP) is 3.99. The van der Waals surface area contributed by atoms with Crippen molar-refractivity contribution in [3.8, 4) is 5.00 Å². The van der Waals surface area contributed by atoms with E-state index in [4.69, 9.17) is 0 Å². The van der Waals surface area contributed by atoms with Gasteiger partial charge in [-0.1, -0.05) is 0 Å². The van der Waals surface area contributed by atoms with E-state index in [-0.39, 0.29) is 0 Å². The van der Waals surface area contributed by atoms with Crippen molar-refractivity contribution in [1.82, 2.24) is 14.9 Å². The molecule has 2 heterocycles. The molecule has 0 aliphatic heterocycles. The second kappa shape index (κ2) is 4.93. The number of nitrogens with one attached hydrogen (secondary N) is 1. The highest BCUT2D eigenvalue weighted by molar-refractivity contribution is 7.14. The van der Waals surface area contributed by atoms with E-state index in [1.165, 1.54) is 48.4 Å². The summed E-state index contributed by atoms with van der Waals surface area (Å²) in [5.74, 6) is 3.05. The van der Waals surface area contributed by atoms with Crippen molar-refractivity contribution in [1.29, 1.82) is 0 Å². The summed E-state index contributed by atoms with van der Waals surface area (Å²) >= 11 is 1.88. The van der Waals surface area contributed by atoms with E-state index < -0.39 is 0 Å². The standard InChI is InChI=1S/C18H23N3S/c1-2-17(21-4-3-19-12-21)22-16(1)11-20-18-8-13-5-14(9-18)7-15(6-13)10-18/h1-4,12-15,20H,5-11H2. The maximum absolute atomic E-state index is 4.13. The first-order valence-electron chi connectivity index (χ1n) is 8.60. The summed E-state index contributed by atoms with van der Waals surface area (Å²) in [5, 5.41) is 5.25. The molecule has 4 bridgehead atoms. The molecule has 0 atom stereocenters. The van der Waals surface area contributed by atoms with E-state index in [1.54, 1.807) is 0 Å². The Balaban J connectivity index is 1.29. The second-order valence-corrected chi connectivity index (χ2v) is 8.91. The molecule has 2 aromatic rings. The Morgan fingerprint density at radius 3 is 2.50 bits per heavy atom. The first-order chi connectivity index (χ1) is 10.8. The predicted molar refractivity (Wildman–Crippen MR) is 89.2 cm³/mol. The van der Waals surface area contributed by atoms with Crippen LogP contribution in [0.15, 0.2) is 30.9 Å². The van der Waals surface area contributed by atoms with Gasteiger partial charge in [0.25, 0.3) is 0 Å². The smallest absolute Gasteiger partial charge is 0.100 e. The molecule has 3 nitrogen and oxygen atoms in total. The number of imidazole rings is 1. The zero-order valence-corrected chi connectivity index (χ0v) is 13.7. The number of hydrogen-bond acceptors (Lipinski definition) is 3. The molecule has 0 aromatic carbocycles. The van der Waals surface area contributed by atoms with E-state index in [2.05, 4.69) is 27.0 Å². The van der Waals surface area contributed by atoms with E-state index in [1.807, 2.05) is 30.1 Å². The fraction of sp³-hybridized carbons (Fsp3) is 0.611. The van der Waals surface area contributed by atoms with E-state index in [0.717, 1.165) is 24.3 Å². The first-order valence-corrected chi connectivity index (χ1v) is 9.42. The third-order valence-corrected chi connectivity index (χ3v) is 7.18. The highest BCUT2D eigenvalue weighted by Gasteiger charge is 2.50. The maximum atomic E-state index is 4.13. The molecule has 4 aliphatic carbocycles. The van der Waals surface area contributed by atoms with Gasteiger partial charge in [0.1, 0.15) is 5.00 Å². The molecule has 0 radical (unpaired) electrons. The average Bonchev–Trinajstić information content (AvgIpc) is 3.15. The van der Waals surface area contributed by atoms with Crippen LogP contribution in [0.2, 0.25) is 0 Å². The number of thiophene rings is 1. The summed E-state index contributed by atoms with van der Waals surface area (Å²) in [6.07, 6.45) is 14.6. The highest BCUT2D eigenvalue weighted by atomic mass is 32.1. The average molecular weight is 313 g/mol. The van der Waals surface area contributed by atoms with Gasteiger partial charge in [-0.25, -0.2) is 4.98 Å². The van der Waals surface area contributed by atoms with Crippen molar-refractivity contribution in [3.63, 3.8) is 0 Å². The first kappa shape index (κ1) is 13.3. The Morgan fingerprint density at radius 1 is 1.14 bits per heavy atom. The quantitative estimate of drug-likeness (QED) is 0.925. The molecule has 0 spiro atoms. The lowest BCUT2D eigenvalue weighted by molar-refractivity contribution is -0.0204. The lowest BCUT2D eigenvalue weighted by atomic mass is 9.53. The van der Waals surface area contributed by atoms with Crippen molar-refractivity contribution in [2.24, 2.45) is 17.8 Å². The zero-order chi connectivity index (χ0) is 14.6. The van der Waals surface area contributed by atoms with Crippen LogP contribution in [0.25, 0.3) is 5.00 Å². The van der Waals surface area contributed by atoms with E-state index >= 15 is 0 Å².